The van der Waals surface area contributed by atoms with Crippen molar-refractivity contribution in [3.05, 3.63) is 48.0 Å². The molecule has 0 saturated carbocycles. The summed E-state index contributed by atoms with van der Waals surface area (Å²) in [6, 6.07) is 10.0. The third-order valence-electron chi connectivity index (χ3n) is 3.26. The van der Waals surface area contributed by atoms with Crippen molar-refractivity contribution in [3.8, 4) is 11.4 Å². The van der Waals surface area contributed by atoms with Gasteiger partial charge in [-0.05, 0) is 18.2 Å². The summed E-state index contributed by atoms with van der Waals surface area (Å²) in [7, 11) is 0. The molecule has 3 rings (SSSR count). The Labute approximate surface area is 123 Å². The molecule has 7 heteroatoms. The van der Waals surface area contributed by atoms with Crippen molar-refractivity contribution in [3.63, 3.8) is 0 Å². The van der Waals surface area contributed by atoms with Crippen molar-refractivity contribution in [1.82, 2.24) is 9.97 Å². The predicted molar refractivity (Wildman–Crippen MR) is 78.8 cm³/mol. The normalized spacial score (nSPS) is 11.8. The Balaban J connectivity index is 2.31. The van der Waals surface area contributed by atoms with E-state index in [1.165, 1.54) is 18.2 Å². The van der Waals surface area contributed by atoms with Gasteiger partial charge < -0.3 is 11.5 Å². The molecule has 0 spiro atoms. The number of para-hydroxylation sites is 1. The van der Waals surface area contributed by atoms with Gasteiger partial charge in [0.1, 0.15) is 5.82 Å². The van der Waals surface area contributed by atoms with Crippen LogP contribution < -0.4 is 11.5 Å². The monoisotopic (exact) mass is 304 g/mol. The topological polar surface area (TPSA) is 77.8 Å². The van der Waals surface area contributed by atoms with Crippen LogP contribution in [-0.2, 0) is 6.18 Å². The second-order valence-corrected chi connectivity index (χ2v) is 4.72. The molecule has 0 radical (unpaired) electrons. The number of fused-ring (bicyclic) bond motifs is 1. The summed E-state index contributed by atoms with van der Waals surface area (Å²) in [6.07, 6.45) is -4.51. The van der Waals surface area contributed by atoms with Crippen molar-refractivity contribution < 1.29 is 13.2 Å². The van der Waals surface area contributed by atoms with Crippen LogP contribution in [0.25, 0.3) is 22.3 Å². The van der Waals surface area contributed by atoms with Crippen molar-refractivity contribution in [1.29, 1.82) is 0 Å². The van der Waals surface area contributed by atoms with E-state index in [1.54, 1.807) is 18.2 Å². The fourth-order valence-corrected chi connectivity index (χ4v) is 2.24. The summed E-state index contributed by atoms with van der Waals surface area (Å²) in [5, 5.41) is 0.508. The van der Waals surface area contributed by atoms with Crippen LogP contribution in [0.1, 0.15) is 5.56 Å². The molecule has 0 atom stereocenters. The minimum atomic E-state index is -4.51. The number of hydrogen-bond donors (Lipinski definition) is 2. The molecule has 0 fully saturated rings. The van der Waals surface area contributed by atoms with Gasteiger partial charge >= 0.3 is 6.18 Å². The molecule has 0 bridgehead atoms. The Hall–Kier alpha value is -2.83. The summed E-state index contributed by atoms with van der Waals surface area (Å²) in [5.74, 6) is -0.0138. The number of rotatable bonds is 1. The molecule has 4 N–H and O–H groups in total. The lowest BCUT2D eigenvalue weighted by Gasteiger charge is -2.13. The first-order chi connectivity index (χ1) is 10.4. The van der Waals surface area contributed by atoms with Gasteiger partial charge in [-0.3, -0.25) is 0 Å². The number of hydrogen-bond acceptors (Lipinski definition) is 4. The highest BCUT2D eigenvalue weighted by Crippen LogP contribution is 2.36. The Morgan fingerprint density at radius 1 is 0.864 bits per heavy atom. The first-order valence-electron chi connectivity index (χ1n) is 6.36. The summed E-state index contributed by atoms with van der Waals surface area (Å²) in [5.41, 5.74) is 11.4. The van der Waals surface area contributed by atoms with E-state index in [0.29, 0.717) is 16.6 Å². The number of nitrogen functional groups attached to an aromatic ring is 2. The quantitative estimate of drug-likeness (QED) is 0.675. The second-order valence-electron chi connectivity index (χ2n) is 4.72. The minimum absolute atomic E-state index is 0.0873. The maximum absolute atomic E-state index is 13.1. The summed E-state index contributed by atoms with van der Waals surface area (Å²) in [4.78, 5) is 8.16. The molecule has 4 nitrogen and oxygen atoms in total. The van der Waals surface area contributed by atoms with Crippen molar-refractivity contribution in [2.45, 2.75) is 6.18 Å². The third kappa shape index (κ3) is 2.30. The van der Waals surface area contributed by atoms with Gasteiger partial charge in [-0.2, -0.15) is 13.2 Å². The van der Waals surface area contributed by atoms with E-state index in [1.807, 2.05) is 0 Å². The third-order valence-corrected chi connectivity index (χ3v) is 3.26. The molecule has 0 aliphatic carbocycles. The van der Waals surface area contributed by atoms with E-state index in [9.17, 15) is 13.2 Å². The van der Waals surface area contributed by atoms with Crippen molar-refractivity contribution in [2.75, 3.05) is 11.5 Å². The number of nitrogens with zero attached hydrogens (tertiary/aromatic N) is 2. The van der Waals surface area contributed by atoms with Crippen LogP contribution in [0.3, 0.4) is 0 Å². The van der Waals surface area contributed by atoms with Gasteiger partial charge in [-0.15, -0.1) is 0 Å². The van der Waals surface area contributed by atoms with Crippen LogP contribution >= 0.6 is 0 Å². The summed E-state index contributed by atoms with van der Waals surface area (Å²) in [6.45, 7) is 0. The van der Waals surface area contributed by atoms with E-state index in [2.05, 4.69) is 9.97 Å². The fraction of sp³-hybridized carbons (Fsp3) is 0.0667. The molecule has 0 amide bonds. The smallest absolute Gasteiger partial charge is 0.397 e. The molecular weight excluding hydrogens is 293 g/mol. The molecule has 0 saturated heterocycles. The van der Waals surface area contributed by atoms with Crippen LogP contribution in [0.2, 0.25) is 0 Å². The van der Waals surface area contributed by atoms with Gasteiger partial charge in [0.25, 0.3) is 0 Å². The van der Waals surface area contributed by atoms with Gasteiger partial charge in [0.2, 0.25) is 0 Å². The zero-order valence-electron chi connectivity index (χ0n) is 11.2. The Morgan fingerprint density at radius 3 is 2.32 bits per heavy atom. The van der Waals surface area contributed by atoms with E-state index in [-0.39, 0.29) is 17.2 Å². The van der Waals surface area contributed by atoms with Gasteiger partial charge in [0.15, 0.2) is 5.82 Å². The molecule has 112 valence electrons. The minimum Gasteiger partial charge on any atom is -0.397 e. The van der Waals surface area contributed by atoms with E-state index >= 15 is 0 Å². The van der Waals surface area contributed by atoms with Gasteiger partial charge in [0.05, 0.1) is 16.8 Å². The molecule has 1 aromatic heterocycles. The molecule has 0 unspecified atom stereocenters. The second kappa shape index (κ2) is 4.87. The lowest BCUT2D eigenvalue weighted by molar-refractivity contribution is -0.137. The summed E-state index contributed by atoms with van der Waals surface area (Å²) >= 11 is 0. The van der Waals surface area contributed by atoms with Crippen molar-refractivity contribution in [2.24, 2.45) is 0 Å². The molecule has 22 heavy (non-hydrogen) atoms. The molecule has 0 aliphatic heterocycles. The standard InChI is InChI=1S/C15H11F3N4/c16-15(17,18)10-6-2-1-4-8(10)14-21-12-9(13(20)22-14)5-3-7-11(12)19/h1-7H,19H2,(H2,20,21,22). The molecular formula is C15H11F3N4. The maximum Gasteiger partial charge on any atom is 0.417 e. The Bertz CT molecular complexity index is 859. The van der Waals surface area contributed by atoms with Crippen LogP contribution in [0.4, 0.5) is 24.7 Å². The number of anilines is 2. The number of aromatic nitrogens is 2. The van der Waals surface area contributed by atoms with Gasteiger partial charge in [-0.1, -0.05) is 24.3 Å². The van der Waals surface area contributed by atoms with Crippen LogP contribution in [0.15, 0.2) is 42.5 Å². The molecule has 0 aliphatic rings. The Morgan fingerprint density at radius 2 is 1.59 bits per heavy atom. The first-order valence-corrected chi connectivity index (χ1v) is 6.36. The highest BCUT2D eigenvalue weighted by Gasteiger charge is 2.34. The number of alkyl halides is 3. The predicted octanol–water partition coefficient (Wildman–Crippen LogP) is 3.48. The zero-order chi connectivity index (χ0) is 15.9. The van der Waals surface area contributed by atoms with Gasteiger partial charge in [0, 0.05) is 10.9 Å². The van der Waals surface area contributed by atoms with Crippen molar-refractivity contribution >= 4 is 22.4 Å². The maximum atomic E-state index is 13.1. The molecule has 2 aromatic carbocycles. The average Bonchev–Trinajstić information content (AvgIpc) is 2.47. The zero-order valence-corrected chi connectivity index (χ0v) is 11.2. The fourth-order valence-electron chi connectivity index (χ4n) is 2.24. The lowest BCUT2D eigenvalue weighted by Crippen LogP contribution is -2.09. The summed E-state index contributed by atoms with van der Waals surface area (Å²) < 4.78 is 39.3. The van der Waals surface area contributed by atoms with Crippen LogP contribution in [0, 0.1) is 0 Å². The van der Waals surface area contributed by atoms with E-state index < -0.39 is 11.7 Å². The Kier molecular flexibility index (Phi) is 3.13. The largest absolute Gasteiger partial charge is 0.417 e. The van der Waals surface area contributed by atoms with Crippen LogP contribution in [0.5, 0.6) is 0 Å². The highest BCUT2D eigenvalue weighted by atomic mass is 19.4. The highest BCUT2D eigenvalue weighted by molar-refractivity contribution is 5.96. The first kappa shape index (κ1) is 14.1. The van der Waals surface area contributed by atoms with E-state index in [0.717, 1.165) is 6.07 Å². The molecule has 1 heterocycles. The van der Waals surface area contributed by atoms with Crippen LogP contribution in [-0.4, -0.2) is 9.97 Å². The molecule has 3 aromatic rings. The number of benzene rings is 2. The SMILES string of the molecule is Nc1nc(-c2ccccc2C(F)(F)F)nc2c(N)cccc12. The lowest BCUT2D eigenvalue weighted by atomic mass is 10.1. The van der Waals surface area contributed by atoms with Gasteiger partial charge in [-0.25, -0.2) is 9.97 Å². The van der Waals surface area contributed by atoms with E-state index in [4.69, 9.17) is 11.5 Å². The number of nitrogens with two attached hydrogens (primary N) is 2. The average molecular weight is 304 g/mol. The number of halogens is 3.